The summed E-state index contributed by atoms with van der Waals surface area (Å²) in [5.74, 6) is -0.550. The van der Waals surface area contributed by atoms with E-state index in [0.717, 1.165) is 8.66 Å². The monoisotopic (exact) mass is 401 g/mol. The van der Waals surface area contributed by atoms with E-state index >= 15 is 0 Å². The van der Waals surface area contributed by atoms with Gasteiger partial charge in [0.15, 0.2) is 0 Å². The molecule has 1 heterocycles. The lowest BCUT2D eigenvalue weighted by atomic mass is 10.4. The molecule has 0 atom stereocenters. The zero-order chi connectivity index (χ0) is 16.0. The Bertz CT molecular complexity index is 773. The van der Waals surface area contributed by atoms with Crippen LogP contribution in [-0.4, -0.2) is 27.1 Å². The SMILES string of the molecule is O=C(CNS(=O)(=O)c1ccccc1)N/N=C\c1ccc(Br)s1. The maximum Gasteiger partial charge on any atom is 0.255 e. The molecule has 1 aromatic heterocycles. The summed E-state index contributed by atoms with van der Waals surface area (Å²) < 4.78 is 27.0. The molecule has 6 nitrogen and oxygen atoms in total. The molecule has 0 aliphatic rings. The first-order valence-electron chi connectivity index (χ1n) is 6.09. The topological polar surface area (TPSA) is 87.6 Å². The summed E-state index contributed by atoms with van der Waals surface area (Å²) in [6.45, 7) is -0.386. The summed E-state index contributed by atoms with van der Waals surface area (Å²) >= 11 is 4.77. The third-order valence-corrected chi connectivity index (χ3v) is 5.43. The Morgan fingerprint density at radius 1 is 1.23 bits per heavy atom. The van der Waals surface area contributed by atoms with E-state index in [1.54, 1.807) is 18.2 Å². The molecule has 2 N–H and O–H groups in total. The van der Waals surface area contributed by atoms with Crippen LogP contribution < -0.4 is 10.1 Å². The molecule has 22 heavy (non-hydrogen) atoms. The molecule has 116 valence electrons. The van der Waals surface area contributed by atoms with Crippen molar-refractivity contribution in [2.24, 2.45) is 5.10 Å². The minimum atomic E-state index is -3.70. The van der Waals surface area contributed by atoms with Gasteiger partial charge in [-0.2, -0.15) is 5.10 Å². The number of hydrazone groups is 1. The Balaban J connectivity index is 1.84. The van der Waals surface area contributed by atoms with Gasteiger partial charge in [0.2, 0.25) is 10.0 Å². The summed E-state index contributed by atoms with van der Waals surface area (Å²) in [4.78, 5) is 12.5. The van der Waals surface area contributed by atoms with Gasteiger partial charge in [-0.3, -0.25) is 4.79 Å². The lowest BCUT2D eigenvalue weighted by Crippen LogP contribution is -2.34. The van der Waals surface area contributed by atoms with Crippen molar-refractivity contribution in [3.63, 3.8) is 0 Å². The van der Waals surface area contributed by atoms with E-state index in [2.05, 4.69) is 31.2 Å². The van der Waals surface area contributed by atoms with Gasteiger partial charge in [0.05, 0.1) is 21.4 Å². The van der Waals surface area contributed by atoms with Gasteiger partial charge in [-0.25, -0.2) is 18.6 Å². The summed E-state index contributed by atoms with van der Waals surface area (Å²) in [5.41, 5.74) is 2.26. The van der Waals surface area contributed by atoms with Crippen LogP contribution in [0.3, 0.4) is 0 Å². The van der Waals surface area contributed by atoms with Gasteiger partial charge in [-0.1, -0.05) is 18.2 Å². The van der Waals surface area contributed by atoms with Crippen LogP contribution in [0.25, 0.3) is 0 Å². The van der Waals surface area contributed by atoms with Crippen LogP contribution in [0, 0.1) is 0 Å². The fourth-order valence-corrected chi connectivity index (χ4v) is 3.75. The Hall–Kier alpha value is -1.55. The van der Waals surface area contributed by atoms with Crippen LogP contribution in [0.4, 0.5) is 0 Å². The summed E-state index contributed by atoms with van der Waals surface area (Å²) in [6.07, 6.45) is 1.49. The summed E-state index contributed by atoms with van der Waals surface area (Å²) in [6, 6.07) is 11.5. The highest BCUT2D eigenvalue weighted by atomic mass is 79.9. The number of sulfonamides is 1. The van der Waals surface area contributed by atoms with E-state index in [1.165, 1.54) is 29.7 Å². The highest BCUT2D eigenvalue weighted by molar-refractivity contribution is 9.11. The van der Waals surface area contributed by atoms with Gasteiger partial charge >= 0.3 is 0 Å². The highest BCUT2D eigenvalue weighted by Gasteiger charge is 2.14. The number of carbonyl (C=O) groups excluding carboxylic acids is 1. The molecular weight excluding hydrogens is 390 g/mol. The normalized spacial score (nSPS) is 11.7. The second kappa shape index (κ2) is 7.63. The van der Waals surface area contributed by atoms with Crippen LogP contribution in [0.5, 0.6) is 0 Å². The largest absolute Gasteiger partial charge is 0.272 e. The predicted molar refractivity (Wildman–Crippen MR) is 89.4 cm³/mol. The van der Waals surface area contributed by atoms with E-state index in [0.29, 0.717) is 0 Å². The van der Waals surface area contributed by atoms with E-state index < -0.39 is 15.9 Å². The minimum Gasteiger partial charge on any atom is -0.272 e. The molecular formula is C13H12BrN3O3S2. The fourth-order valence-electron chi connectivity index (χ4n) is 1.45. The third-order valence-electron chi connectivity index (χ3n) is 2.45. The average molecular weight is 402 g/mol. The molecule has 0 saturated heterocycles. The molecule has 9 heteroatoms. The highest BCUT2D eigenvalue weighted by Crippen LogP contribution is 2.20. The number of carbonyl (C=O) groups is 1. The minimum absolute atomic E-state index is 0.106. The number of hydrogen-bond acceptors (Lipinski definition) is 5. The van der Waals surface area contributed by atoms with Gasteiger partial charge < -0.3 is 0 Å². The Morgan fingerprint density at radius 2 is 1.95 bits per heavy atom. The average Bonchev–Trinajstić information content (AvgIpc) is 2.92. The molecule has 2 aromatic rings. The first-order chi connectivity index (χ1) is 10.5. The molecule has 1 amide bonds. The van der Waals surface area contributed by atoms with E-state index in [-0.39, 0.29) is 11.4 Å². The second-order valence-electron chi connectivity index (χ2n) is 4.07. The van der Waals surface area contributed by atoms with E-state index in [4.69, 9.17) is 0 Å². The first kappa shape index (κ1) is 16.8. The maximum atomic E-state index is 11.9. The molecule has 0 aliphatic carbocycles. The van der Waals surface area contributed by atoms with Crippen molar-refractivity contribution in [2.75, 3.05) is 6.54 Å². The lowest BCUT2D eigenvalue weighted by molar-refractivity contribution is -0.119. The van der Waals surface area contributed by atoms with Gasteiger partial charge in [0.1, 0.15) is 0 Å². The molecule has 0 unspecified atom stereocenters. The smallest absolute Gasteiger partial charge is 0.255 e. The fraction of sp³-hybridized carbons (Fsp3) is 0.0769. The van der Waals surface area contributed by atoms with Crippen molar-refractivity contribution in [3.8, 4) is 0 Å². The molecule has 0 saturated carbocycles. The van der Waals surface area contributed by atoms with Gasteiger partial charge in [0.25, 0.3) is 5.91 Å². The summed E-state index contributed by atoms with van der Waals surface area (Å²) in [7, 11) is -3.70. The van der Waals surface area contributed by atoms with Crippen LogP contribution in [0.2, 0.25) is 0 Å². The molecule has 0 bridgehead atoms. The van der Waals surface area contributed by atoms with Gasteiger partial charge in [-0.05, 0) is 40.2 Å². The van der Waals surface area contributed by atoms with Crippen LogP contribution in [0.15, 0.2) is 56.2 Å². The molecule has 0 radical (unpaired) electrons. The van der Waals surface area contributed by atoms with Gasteiger partial charge in [0, 0.05) is 4.88 Å². The van der Waals surface area contributed by atoms with Crippen molar-refractivity contribution >= 4 is 49.4 Å². The van der Waals surface area contributed by atoms with E-state index in [1.807, 2.05) is 12.1 Å². The molecule has 0 spiro atoms. The standard InChI is InChI=1S/C13H12BrN3O3S2/c14-12-7-6-10(21-12)8-15-17-13(18)9-16-22(19,20)11-4-2-1-3-5-11/h1-8,16H,9H2,(H,17,18)/b15-8-. The Morgan fingerprint density at radius 3 is 2.59 bits per heavy atom. The maximum absolute atomic E-state index is 11.9. The Kier molecular flexibility index (Phi) is 5.83. The lowest BCUT2D eigenvalue weighted by Gasteiger charge is -2.05. The van der Waals surface area contributed by atoms with Crippen molar-refractivity contribution in [3.05, 3.63) is 51.1 Å². The quantitative estimate of drug-likeness (QED) is 0.572. The number of halogens is 1. The van der Waals surface area contributed by atoms with Crippen molar-refractivity contribution in [2.45, 2.75) is 4.90 Å². The van der Waals surface area contributed by atoms with E-state index in [9.17, 15) is 13.2 Å². The number of rotatable bonds is 6. The number of nitrogens with zero attached hydrogens (tertiary/aromatic N) is 1. The number of hydrogen-bond donors (Lipinski definition) is 2. The molecule has 2 rings (SSSR count). The number of thiophene rings is 1. The predicted octanol–water partition coefficient (Wildman–Crippen LogP) is 1.94. The Labute approximate surface area is 140 Å². The van der Waals surface area contributed by atoms with Crippen LogP contribution in [-0.2, 0) is 14.8 Å². The summed E-state index contributed by atoms with van der Waals surface area (Å²) in [5, 5.41) is 3.76. The number of nitrogens with one attached hydrogen (secondary N) is 2. The second-order valence-corrected chi connectivity index (χ2v) is 8.33. The first-order valence-corrected chi connectivity index (χ1v) is 9.18. The molecule has 0 fully saturated rings. The van der Waals surface area contributed by atoms with Crippen LogP contribution in [0.1, 0.15) is 4.88 Å². The molecule has 0 aliphatic heterocycles. The third kappa shape index (κ3) is 5.02. The number of benzene rings is 1. The van der Waals surface area contributed by atoms with Crippen molar-refractivity contribution in [1.82, 2.24) is 10.1 Å². The van der Waals surface area contributed by atoms with Gasteiger partial charge in [-0.15, -0.1) is 11.3 Å². The van der Waals surface area contributed by atoms with Crippen molar-refractivity contribution in [1.29, 1.82) is 0 Å². The zero-order valence-electron chi connectivity index (χ0n) is 11.2. The molecule has 1 aromatic carbocycles. The van der Waals surface area contributed by atoms with Crippen molar-refractivity contribution < 1.29 is 13.2 Å². The van der Waals surface area contributed by atoms with Crippen LogP contribution >= 0.6 is 27.3 Å². The zero-order valence-corrected chi connectivity index (χ0v) is 14.4. The number of amides is 1.